The fraction of sp³-hybridized carbons (Fsp3) is 0.500. The Morgan fingerprint density at radius 2 is 2.54 bits per heavy atom. The molecular weight excluding hydrogens is 168 g/mol. The molecule has 5 heteroatoms. The lowest BCUT2D eigenvalue weighted by Gasteiger charge is -2.13. The molecule has 72 valence electrons. The molecule has 0 fully saturated rings. The summed E-state index contributed by atoms with van der Waals surface area (Å²) in [4.78, 5) is 14.9. The van der Waals surface area contributed by atoms with Crippen molar-refractivity contribution in [2.75, 3.05) is 7.05 Å². The van der Waals surface area contributed by atoms with Crippen molar-refractivity contribution in [3.05, 3.63) is 18.2 Å². The minimum absolute atomic E-state index is 0.340. The van der Waals surface area contributed by atoms with Gasteiger partial charge in [-0.25, -0.2) is 4.98 Å². The van der Waals surface area contributed by atoms with Gasteiger partial charge < -0.3 is 15.6 Å². The molecule has 1 amide bonds. The van der Waals surface area contributed by atoms with Crippen LogP contribution in [0.4, 0.5) is 0 Å². The van der Waals surface area contributed by atoms with Crippen molar-refractivity contribution < 1.29 is 4.79 Å². The van der Waals surface area contributed by atoms with Gasteiger partial charge in [-0.15, -0.1) is 0 Å². The Kier molecular flexibility index (Phi) is 3.02. The molecular formula is C8H14N4O. The smallest absolute Gasteiger partial charge is 0.236 e. The normalized spacial score (nSPS) is 12.8. The quantitative estimate of drug-likeness (QED) is 0.644. The number of rotatable bonds is 4. The number of primary amides is 1. The largest absolute Gasteiger partial charge is 0.368 e. The Hall–Kier alpha value is -1.36. The first kappa shape index (κ1) is 9.73. The summed E-state index contributed by atoms with van der Waals surface area (Å²) in [6, 6.07) is -0.340. The number of carbonyl (C=O) groups excluding carboxylic acids is 1. The number of nitrogens with zero attached hydrogens (tertiary/aromatic N) is 2. The number of aryl methyl sites for hydroxylation is 1. The average Bonchev–Trinajstić information content (AvgIpc) is 2.46. The molecule has 0 saturated carbocycles. The van der Waals surface area contributed by atoms with Gasteiger partial charge in [0.2, 0.25) is 5.91 Å². The number of hydrogen-bond donors (Lipinski definition) is 2. The molecule has 3 N–H and O–H groups in total. The zero-order chi connectivity index (χ0) is 9.84. The van der Waals surface area contributed by atoms with E-state index < -0.39 is 0 Å². The van der Waals surface area contributed by atoms with Crippen LogP contribution in [0.5, 0.6) is 0 Å². The van der Waals surface area contributed by atoms with Gasteiger partial charge >= 0.3 is 0 Å². The topological polar surface area (TPSA) is 72.9 Å². The summed E-state index contributed by atoms with van der Waals surface area (Å²) >= 11 is 0. The molecule has 0 aliphatic rings. The minimum atomic E-state index is -0.351. The minimum Gasteiger partial charge on any atom is -0.368 e. The molecule has 13 heavy (non-hydrogen) atoms. The summed E-state index contributed by atoms with van der Waals surface area (Å²) in [6.07, 6.45) is 3.52. The number of aromatic nitrogens is 2. The Morgan fingerprint density at radius 3 is 2.92 bits per heavy atom. The van der Waals surface area contributed by atoms with Crippen molar-refractivity contribution in [1.82, 2.24) is 14.9 Å². The van der Waals surface area contributed by atoms with Gasteiger partial charge in [0.25, 0.3) is 0 Å². The van der Waals surface area contributed by atoms with Crippen LogP contribution in [0.15, 0.2) is 12.4 Å². The lowest BCUT2D eigenvalue weighted by Crippen LogP contribution is -2.42. The second-order valence-corrected chi connectivity index (χ2v) is 2.87. The fourth-order valence-electron chi connectivity index (χ4n) is 1.12. The van der Waals surface area contributed by atoms with Crippen molar-refractivity contribution in [3.63, 3.8) is 0 Å². The van der Waals surface area contributed by atoms with E-state index >= 15 is 0 Å². The van der Waals surface area contributed by atoms with E-state index in [4.69, 9.17) is 5.73 Å². The lowest BCUT2D eigenvalue weighted by molar-refractivity contribution is -0.120. The number of carbonyl (C=O) groups is 1. The number of imidazole rings is 1. The molecule has 5 nitrogen and oxygen atoms in total. The Balaban J connectivity index is 2.67. The third kappa shape index (κ3) is 2.29. The molecule has 1 unspecified atom stereocenters. The van der Waals surface area contributed by atoms with E-state index in [1.54, 1.807) is 13.2 Å². The van der Waals surface area contributed by atoms with Gasteiger partial charge in [0.05, 0.1) is 0 Å². The van der Waals surface area contributed by atoms with Crippen LogP contribution in [0.2, 0.25) is 0 Å². The maximum atomic E-state index is 10.9. The van der Waals surface area contributed by atoms with E-state index in [-0.39, 0.29) is 11.9 Å². The molecule has 1 aromatic rings. The van der Waals surface area contributed by atoms with E-state index in [0.29, 0.717) is 6.54 Å². The van der Waals surface area contributed by atoms with E-state index in [1.807, 2.05) is 17.7 Å². The van der Waals surface area contributed by atoms with Crippen LogP contribution >= 0.6 is 0 Å². The first-order valence-electron chi connectivity index (χ1n) is 4.09. The molecule has 0 aliphatic heterocycles. The average molecular weight is 182 g/mol. The number of nitrogens with two attached hydrogens (primary N) is 1. The highest BCUT2D eigenvalue weighted by Gasteiger charge is 2.13. The third-order valence-corrected chi connectivity index (χ3v) is 1.99. The molecule has 0 aromatic carbocycles. The summed E-state index contributed by atoms with van der Waals surface area (Å²) in [5.74, 6) is 0.525. The van der Waals surface area contributed by atoms with E-state index in [2.05, 4.69) is 10.3 Å². The van der Waals surface area contributed by atoms with Crippen molar-refractivity contribution >= 4 is 5.91 Å². The second kappa shape index (κ2) is 4.04. The molecule has 0 bridgehead atoms. The SMILES string of the molecule is CNC(Cn1ccnc1C)C(N)=O. The maximum Gasteiger partial charge on any atom is 0.236 e. The van der Waals surface area contributed by atoms with Gasteiger partial charge in [-0.3, -0.25) is 4.79 Å². The van der Waals surface area contributed by atoms with Gasteiger partial charge in [-0.2, -0.15) is 0 Å². The molecule has 1 heterocycles. The maximum absolute atomic E-state index is 10.9. The van der Waals surface area contributed by atoms with Crippen LogP contribution in [0.1, 0.15) is 5.82 Å². The van der Waals surface area contributed by atoms with E-state index in [0.717, 1.165) is 5.82 Å². The molecule has 0 saturated heterocycles. The third-order valence-electron chi connectivity index (χ3n) is 1.99. The first-order chi connectivity index (χ1) is 6.15. The predicted molar refractivity (Wildman–Crippen MR) is 49.0 cm³/mol. The molecule has 1 atom stereocenters. The zero-order valence-electron chi connectivity index (χ0n) is 7.82. The molecule has 1 rings (SSSR count). The van der Waals surface area contributed by atoms with Crippen LogP contribution in [-0.4, -0.2) is 28.5 Å². The molecule has 1 aromatic heterocycles. The van der Waals surface area contributed by atoms with Gasteiger partial charge in [0.15, 0.2) is 0 Å². The second-order valence-electron chi connectivity index (χ2n) is 2.87. The Bertz CT molecular complexity index is 294. The van der Waals surface area contributed by atoms with Crippen molar-refractivity contribution in [2.45, 2.75) is 19.5 Å². The van der Waals surface area contributed by atoms with Crippen molar-refractivity contribution in [3.8, 4) is 0 Å². The number of nitrogens with one attached hydrogen (secondary N) is 1. The lowest BCUT2D eigenvalue weighted by atomic mass is 10.3. The molecule has 0 spiro atoms. The number of hydrogen-bond acceptors (Lipinski definition) is 3. The van der Waals surface area contributed by atoms with Crippen LogP contribution in [0, 0.1) is 6.92 Å². The molecule has 0 aliphatic carbocycles. The van der Waals surface area contributed by atoms with Crippen LogP contribution < -0.4 is 11.1 Å². The van der Waals surface area contributed by atoms with Gasteiger partial charge in [0, 0.05) is 18.9 Å². The standard InChI is InChI=1S/C8H14N4O/c1-6-11-3-4-12(6)5-7(10-2)8(9)13/h3-4,7,10H,5H2,1-2H3,(H2,9,13). The van der Waals surface area contributed by atoms with Crippen LogP contribution in [0.25, 0.3) is 0 Å². The summed E-state index contributed by atoms with van der Waals surface area (Å²) in [5, 5.41) is 2.84. The van der Waals surface area contributed by atoms with Crippen LogP contribution in [-0.2, 0) is 11.3 Å². The molecule has 0 radical (unpaired) electrons. The summed E-state index contributed by atoms with van der Waals surface area (Å²) < 4.78 is 1.88. The summed E-state index contributed by atoms with van der Waals surface area (Å²) in [5.41, 5.74) is 5.18. The highest BCUT2D eigenvalue weighted by atomic mass is 16.1. The van der Waals surface area contributed by atoms with E-state index in [1.165, 1.54) is 0 Å². The van der Waals surface area contributed by atoms with Crippen LogP contribution in [0.3, 0.4) is 0 Å². The Labute approximate surface area is 76.9 Å². The zero-order valence-corrected chi connectivity index (χ0v) is 7.82. The highest BCUT2D eigenvalue weighted by Crippen LogP contribution is 1.97. The van der Waals surface area contributed by atoms with Gasteiger partial charge in [0.1, 0.15) is 11.9 Å². The van der Waals surface area contributed by atoms with Crippen molar-refractivity contribution in [2.24, 2.45) is 5.73 Å². The van der Waals surface area contributed by atoms with Crippen molar-refractivity contribution in [1.29, 1.82) is 0 Å². The van der Waals surface area contributed by atoms with E-state index in [9.17, 15) is 4.79 Å². The predicted octanol–water partition coefficient (Wildman–Crippen LogP) is -0.735. The fourth-order valence-corrected chi connectivity index (χ4v) is 1.12. The summed E-state index contributed by atoms with van der Waals surface area (Å²) in [7, 11) is 1.71. The Morgan fingerprint density at radius 1 is 1.85 bits per heavy atom. The number of likely N-dealkylation sites (N-methyl/N-ethyl adjacent to an activating group) is 1. The first-order valence-corrected chi connectivity index (χ1v) is 4.09. The summed E-state index contributed by atoms with van der Waals surface area (Å²) in [6.45, 7) is 2.41. The highest BCUT2D eigenvalue weighted by molar-refractivity contribution is 5.79. The van der Waals surface area contributed by atoms with Gasteiger partial charge in [-0.05, 0) is 14.0 Å². The number of amides is 1. The van der Waals surface area contributed by atoms with Gasteiger partial charge in [-0.1, -0.05) is 0 Å². The monoisotopic (exact) mass is 182 g/mol.